The van der Waals surface area contributed by atoms with Crippen LogP contribution in [0.5, 0.6) is 0 Å². The molecule has 0 aliphatic rings. The van der Waals surface area contributed by atoms with Crippen molar-refractivity contribution >= 4 is 38.9 Å². The van der Waals surface area contributed by atoms with Gasteiger partial charge in [-0.15, -0.1) is 0 Å². The third-order valence-electron chi connectivity index (χ3n) is 2.33. The first-order valence-electron chi connectivity index (χ1n) is 5.97. The van der Waals surface area contributed by atoms with Gasteiger partial charge in [-0.1, -0.05) is 0 Å². The largest absolute Gasteiger partial charge is 0.466 e. The van der Waals surface area contributed by atoms with Gasteiger partial charge in [0.2, 0.25) is 9.46 Å². The van der Waals surface area contributed by atoms with E-state index in [1.165, 1.54) is 6.92 Å². The zero-order valence-corrected chi connectivity index (χ0v) is 14.8. The molecule has 0 aromatic carbocycles. The van der Waals surface area contributed by atoms with E-state index >= 15 is 0 Å². The smallest absolute Gasteiger partial charge is 0.325 e. The van der Waals surface area contributed by atoms with Crippen LogP contribution in [0.25, 0.3) is 0 Å². The summed E-state index contributed by atoms with van der Waals surface area (Å²) in [5.74, 6) is -1.94. The second-order valence-corrected chi connectivity index (χ2v) is 11.9. The van der Waals surface area contributed by atoms with E-state index in [-0.39, 0.29) is 13.2 Å². The molecule has 0 bridgehead atoms. The summed E-state index contributed by atoms with van der Waals surface area (Å²) in [5, 5.41) is -1.82. The van der Waals surface area contributed by atoms with Crippen LogP contribution >= 0.6 is 5.69 Å². The van der Waals surface area contributed by atoms with Gasteiger partial charge in [0.1, 0.15) is 0 Å². The molecule has 0 spiro atoms. The van der Waals surface area contributed by atoms with Crippen molar-refractivity contribution in [1.82, 2.24) is 0 Å². The minimum atomic E-state index is -4.39. The van der Waals surface area contributed by atoms with Gasteiger partial charge in [-0.2, -0.15) is 0 Å². The Morgan fingerprint density at radius 2 is 1.57 bits per heavy atom. The quantitative estimate of drug-likeness (QED) is 0.435. The SMILES string of the molecule is CCOC(=O)CC(C(=O)OCC)S(=O)(=O)P(=S)(OC)OC. The molecule has 8 nitrogen and oxygen atoms in total. The Hall–Kier alpha value is -0.540. The number of ether oxygens (including phenoxy) is 2. The van der Waals surface area contributed by atoms with E-state index in [1.807, 2.05) is 0 Å². The van der Waals surface area contributed by atoms with E-state index in [9.17, 15) is 18.0 Å². The molecule has 0 heterocycles. The zero-order valence-electron chi connectivity index (χ0n) is 12.2. The van der Waals surface area contributed by atoms with Gasteiger partial charge in [-0.3, -0.25) is 9.59 Å². The van der Waals surface area contributed by atoms with Gasteiger partial charge >= 0.3 is 17.6 Å². The first-order chi connectivity index (χ1) is 9.70. The predicted octanol–water partition coefficient (Wildman–Crippen LogP) is 0.803. The van der Waals surface area contributed by atoms with Crippen LogP contribution in [-0.4, -0.2) is 53.0 Å². The lowest BCUT2D eigenvalue weighted by molar-refractivity contribution is -0.149. The monoisotopic (exact) mass is 362 g/mol. The molecule has 0 radical (unpaired) electrons. The van der Waals surface area contributed by atoms with Crippen LogP contribution in [0.15, 0.2) is 0 Å². The molecule has 124 valence electrons. The fraction of sp³-hybridized carbons (Fsp3) is 0.800. The highest BCUT2D eigenvalue weighted by Gasteiger charge is 2.47. The van der Waals surface area contributed by atoms with Gasteiger partial charge in [-0.05, 0) is 25.7 Å². The highest BCUT2D eigenvalue weighted by molar-refractivity contribution is 8.63. The molecule has 0 saturated heterocycles. The Labute approximate surface area is 128 Å². The van der Waals surface area contributed by atoms with Crippen molar-refractivity contribution in [3.05, 3.63) is 0 Å². The number of hydrogen-bond acceptors (Lipinski definition) is 9. The summed E-state index contributed by atoms with van der Waals surface area (Å²) in [6.07, 6.45) is -0.708. The van der Waals surface area contributed by atoms with Gasteiger partial charge in [0.25, 0.3) is 0 Å². The van der Waals surface area contributed by atoms with Crippen molar-refractivity contribution < 1.29 is 36.5 Å². The maximum atomic E-state index is 12.5. The van der Waals surface area contributed by atoms with E-state index < -0.39 is 38.8 Å². The van der Waals surface area contributed by atoms with E-state index in [0.29, 0.717) is 0 Å². The second kappa shape index (κ2) is 8.79. The Bertz CT molecular complexity index is 507. The topological polar surface area (TPSA) is 105 Å². The maximum absolute atomic E-state index is 12.5. The molecule has 0 aliphatic heterocycles. The normalized spacial score (nSPS) is 13.5. The molecule has 0 aromatic rings. The van der Waals surface area contributed by atoms with Gasteiger partial charge < -0.3 is 18.5 Å². The molecule has 11 heteroatoms. The molecular weight excluding hydrogens is 343 g/mol. The van der Waals surface area contributed by atoms with Crippen LogP contribution in [0, 0.1) is 0 Å². The number of carbonyl (C=O) groups is 2. The van der Waals surface area contributed by atoms with E-state index in [4.69, 9.17) is 20.9 Å². The molecule has 1 unspecified atom stereocenters. The Morgan fingerprint density at radius 3 is 1.95 bits per heavy atom. The van der Waals surface area contributed by atoms with Crippen molar-refractivity contribution in [3.8, 4) is 0 Å². The summed E-state index contributed by atoms with van der Waals surface area (Å²) in [6.45, 7) is 3.07. The van der Waals surface area contributed by atoms with E-state index in [1.54, 1.807) is 6.92 Å². The fourth-order valence-corrected chi connectivity index (χ4v) is 6.49. The van der Waals surface area contributed by atoms with Crippen LogP contribution in [-0.2, 0) is 49.4 Å². The van der Waals surface area contributed by atoms with Crippen molar-refractivity contribution in [3.63, 3.8) is 0 Å². The minimum absolute atomic E-state index is 0.0451. The number of rotatable bonds is 9. The lowest BCUT2D eigenvalue weighted by Gasteiger charge is -2.22. The van der Waals surface area contributed by atoms with Gasteiger partial charge in [0.15, 0.2) is 5.25 Å². The average Bonchev–Trinajstić information content (AvgIpc) is 2.43. The van der Waals surface area contributed by atoms with Crippen LogP contribution < -0.4 is 0 Å². The predicted molar refractivity (Wildman–Crippen MR) is 78.9 cm³/mol. The Balaban J connectivity index is 5.63. The lowest BCUT2D eigenvalue weighted by Crippen LogP contribution is -2.35. The third-order valence-corrected chi connectivity index (χ3v) is 11.2. The third kappa shape index (κ3) is 5.00. The number of hydrogen-bond donors (Lipinski definition) is 0. The molecular formula is C10H19O8PS2. The summed E-state index contributed by atoms with van der Waals surface area (Å²) in [5.41, 5.74) is -3.80. The molecule has 0 saturated carbocycles. The molecule has 0 aliphatic carbocycles. The molecule has 0 aromatic heterocycles. The summed E-state index contributed by atoms with van der Waals surface area (Å²) >= 11 is 4.86. The standard InChI is InChI=1S/C10H19O8PS2/c1-5-17-9(11)7-8(10(12)18-6-2)21(13,14)19(20,15-3)16-4/h8H,5-7H2,1-4H3. The van der Waals surface area contributed by atoms with Crippen molar-refractivity contribution in [1.29, 1.82) is 0 Å². The van der Waals surface area contributed by atoms with E-state index in [2.05, 4.69) is 9.47 Å². The van der Waals surface area contributed by atoms with Crippen LogP contribution in [0.2, 0.25) is 0 Å². The summed E-state index contributed by atoms with van der Waals surface area (Å²) in [6, 6.07) is 0. The maximum Gasteiger partial charge on any atom is 0.325 e. The fourth-order valence-electron chi connectivity index (χ4n) is 1.35. The van der Waals surface area contributed by atoms with Gasteiger partial charge in [0.05, 0.1) is 19.6 Å². The number of carbonyl (C=O) groups excluding carboxylic acids is 2. The molecule has 0 amide bonds. The first-order valence-corrected chi connectivity index (χ1v) is 10.8. The van der Waals surface area contributed by atoms with Crippen LogP contribution in [0.1, 0.15) is 20.3 Å². The lowest BCUT2D eigenvalue weighted by atomic mass is 10.3. The summed E-state index contributed by atoms with van der Waals surface area (Å²) in [4.78, 5) is 23.4. The van der Waals surface area contributed by atoms with Gasteiger partial charge in [0, 0.05) is 14.2 Å². The highest BCUT2D eigenvalue weighted by atomic mass is 33.0. The average molecular weight is 362 g/mol. The molecule has 0 fully saturated rings. The molecule has 0 N–H and O–H groups in total. The van der Waals surface area contributed by atoms with Crippen molar-refractivity contribution in [2.24, 2.45) is 0 Å². The molecule has 0 rings (SSSR count). The molecule has 21 heavy (non-hydrogen) atoms. The number of esters is 2. The zero-order chi connectivity index (χ0) is 16.7. The molecule has 1 atom stereocenters. The highest BCUT2D eigenvalue weighted by Crippen LogP contribution is 2.56. The van der Waals surface area contributed by atoms with Crippen molar-refractivity contribution in [2.75, 3.05) is 27.4 Å². The van der Waals surface area contributed by atoms with E-state index in [0.717, 1.165) is 14.2 Å². The van der Waals surface area contributed by atoms with Crippen LogP contribution in [0.4, 0.5) is 0 Å². The summed E-state index contributed by atoms with van der Waals surface area (Å²) < 4.78 is 43.8. The Kier molecular flexibility index (Phi) is 8.57. The Morgan fingerprint density at radius 1 is 1.10 bits per heavy atom. The van der Waals surface area contributed by atoms with Crippen molar-refractivity contribution in [2.45, 2.75) is 25.5 Å². The minimum Gasteiger partial charge on any atom is -0.466 e. The second-order valence-electron chi connectivity index (χ2n) is 3.58. The van der Waals surface area contributed by atoms with Crippen LogP contribution in [0.3, 0.4) is 0 Å². The first kappa shape index (κ1) is 20.5. The summed E-state index contributed by atoms with van der Waals surface area (Å²) in [7, 11) is -2.26. The van der Waals surface area contributed by atoms with Gasteiger partial charge in [-0.25, -0.2) is 8.42 Å².